The summed E-state index contributed by atoms with van der Waals surface area (Å²) in [5.74, 6) is 1.58. The van der Waals surface area contributed by atoms with Crippen molar-refractivity contribution in [3.8, 4) is 0 Å². The predicted octanol–water partition coefficient (Wildman–Crippen LogP) is 4.36. The maximum atomic E-state index is 5.89. The third-order valence-electron chi connectivity index (χ3n) is 3.74. The zero-order chi connectivity index (χ0) is 12.5. The summed E-state index contributed by atoms with van der Waals surface area (Å²) in [5.41, 5.74) is 0.485. The van der Waals surface area contributed by atoms with Crippen LogP contribution in [-0.2, 0) is 0 Å². The molecule has 1 aliphatic rings. The summed E-state index contributed by atoms with van der Waals surface area (Å²) in [6.07, 6.45) is 3.75. The van der Waals surface area contributed by atoms with Crippen LogP contribution in [0.4, 0.5) is 5.82 Å². The van der Waals surface area contributed by atoms with Gasteiger partial charge in [0.1, 0.15) is 11.0 Å². The zero-order valence-electron chi connectivity index (χ0n) is 10.8. The van der Waals surface area contributed by atoms with Crippen molar-refractivity contribution in [2.75, 3.05) is 5.32 Å². The third kappa shape index (κ3) is 3.35. The summed E-state index contributed by atoms with van der Waals surface area (Å²) >= 11 is 5.89. The van der Waals surface area contributed by atoms with E-state index in [1.165, 1.54) is 19.3 Å². The van der Waals surface area contributed by atoms with Crippen molar-refractivity contribution in [1.82, 2.24) is 4.98 Å². The second-order valence-corrected chi connectivity index (χ2v) is 6.37. The monoisotopic (exact) mass is 252 g/mol. The van der Waals surface area contributed by atoms with Gasteiger partial charge >= 0.3 is 0 Å². The van der Waals surface area contributed by atoms with Gasteiger partial charge in [-0.15, -0.1) is 0 Å². The smallest absolute Gasteiger partial charge is 0.131 e. The number of hydrogen-bond donors (Lipinski definition) is 1. The summed E-state index contributed by atoms with van der Waals surface area (Å²) in [7, 11) is 0. The SMILES string of the molecule is CC1CC(C)(C)CCC1Nc1cccc(Cl)n1. The fraction of sp³-hybridized carbons (Fsp3) is 0.643. The molecular formula is C14H21ClN2. The van der Waals surface area contributed by atoms with Crippen LogP contribution in [0.1, 0.15) is 40.0 Å². The lowest BCUT2D eigenvalue weighted by Crippen LogP contribution is -2.37. The van der Waals surface area contributed by atoms with Gasteiger partial charge in [0.25, 0.3) is 0 Å². The standard InChI is InChI=1S/C14H21ClN2/c1-10-9-14(2,3)8-7-11(10)16-13-6-4-5-12(15)17-13/h4-6,10-11H,7-9H2,1-3H3,(H,16,17). The van der Waals surface area contributed by atoms with E-state index in [2.05, 4.69) is 31.1 Å². The first-order valence-corrected chi connectivity index (χ1v) is 6.73. The number of hydrogen-bond acceptors (Lipinski definition) is 2. The lowest BCUT2D eigenvalue weighted by Gasteiger charge is -2.39. The van der Waals surface area contributed by atoms with E-state index < -0.39 is 0 Å². The number of pyridine rings is 1. The molecule has 0 amide bonds. The lowest BCUT2D eigenvalue weighted by molar-refractivity contribution is 0.177. The molecule has 1 N–H and O–H groups in total. The molecular weight excluding hydrogens is 232 g/mol. The molecule has 1 aromatic heterocycles. The van der Waals surface area contributed by atoms with Crippen molar-refractivity contribution in [3.05, 3.63) is 23.4 Å². The van der Waals surface area contributed by atoms with E-state index in [1.807, 2.05) is 12.1 Å². The van der Waals surface area contributed by atoms with Crippen molar-refractivity contribution in [1.29, 1.82) is 0 Å². The molecule has 1 heterocycles. The normalized spacial score (nSPS) is 27.8. The third-order valence-corrected chi connectivity index (χ3v) is 3.95. The predicted molar refractivity (Wildman–Crippen MR) is 73.5 cm³/mol. The fourth-order valence-corrected chi connectivity index (χ4v) is 3.00. The van der Waals surface area contributed by atoms with Gasteiger partial charge in [0, 0.05) is 6.04 Å². The fourth-order valence-electron chi connectivity index (χ4n) is 2.84. The van der Waals surface area contributed by atoms with Crippen LogP contribution in [0, 0.1) is 11.3 Å². The van der Waals surface area contributed by atoms with E-state index in [0.29, 0.717) is 22.5 Å². The number of nitrogens with zero attached hydrogens (tertiary/aromatic N) is 1. The summed E-state index contributed by atoms with van der Waals surface area (Å²) in [6.45, 7) is 7.04. The van der Waals surface area contributed by atoms with Crippen molar-refractivity contribution in [3.63, 3.8) is 0 Å². The van der Waals surface area contributed by atoms with Crippen LogP contribution in [0.5, 0.6) is 0 Å². The van der Waals surface area contributed by atoms with Crippen LogP contribution < -0.4 is 5.32 Å². The minimum atomic E-state index is 0.485. The first-order valence-electron chi connectivity index (χ1n) is 6.35. The van der Waals surface area contributed by atoms with Crippen molar-refractivity contribution < 1.29 is 0 Å². The Hall–Kier alpha value is -0.760. The summed E-state index contributed by atoms with van der Waals surface area (Å²) in [4.78, 5) is 4.29. The molecule has 94 valence electrons. The molecule has 2 rings (SSSR count). The van der Waals surface area contributed by atoms with E-state index in [9.17, 15) is 0 Å². The maximum Gasteiger partial charge on any atom is 0.131 e. The van der Waals surface area contributed by atoms with Crippen molar-refractivity contribution in [2.45, 2.75) is 46.1 Å². The Kier molecular flexibility index (Phi) is 3.62. The van der Waals surface area contributed by atoms with Crippen LogP contribution in [0.25, 0.3) is 0 Å². The molecule has 0 aromatic carbocycles. The molecule has 0 aliphatic heterocycles. The molecule has 0 radical (unpaired) electrons. The highest BCUT2D eigenvalue weighted by atomic mass is 35.5. The van der Waals surface area contributed by atoms with E-state index in [0.717, 1.165) is 5.82 Å². The van der Waals surface area contributed by atoms with E-state index in [4.69, 9.17) is 11.6 Å². The zero-order valence-corrected chi connectivity index (χ0v) is 11.6. The molecule has 0 bridgehead atoms. The van der Waals surface area contributed by atoms with Crippen LogP contribution in [0.15, 0.2) is 18.2 Å². The van der Waals surface area contributed by atoms with Gasteiger partial charge in [-0.2, -0.15) is 0 Å². The van der Waals surface area contributed by atoms with Gasteiger partial charge in [-0.1, -0.05) is 38.4 Å². The Morgan fingerprint density at radius 3 is 2.82 bits per heavy atom. The number of nitrogens with one attached hydrogen (secondary N) is 1. The molecule has 1 aliphatic carbocycles. The van der Waals surface area contributed by atoms with Crippen molar-refractivity contribution >= 4 is 17.4 Å². The van der Waals surface area contributed by atoms with Crippen LogP contribution in [-0.4, -0.2) is 11.0 Å². The quantitative estimate of drug-likeness (QED) is 0.791. The molecule has 0 spiro atoms. The number of aromatic nitrogens is 1. The van der Waals surface area contributed by atoms with Gasteiger partial charge in [0.15, 0.2) is 0 Å². The lowest BCUT2D eigenvalue weighted by atomic mass is 9.70. The van der Waals surface area contributed by atoms with Gasteiger partial charge in [-0.3, -0.25) is 0 Å². The Balaban J connectivity index is 2.00. The topological polar surface area (TPSA) is 24.9 Å². The molecule has 2 atom stereocenters. The van der Waals surface area contributed by atoms with Gasteiger partial charge in [-0.25, -0.2) is 4.98 Å². The summed E-state index contributed by atoms with van der Waals surface area (Å²) in [6, 6.07) is 6.25. The number of anilines is 1. The van der Waals surface area contributed by atoms with Gasteiger partial charge in [0.2, 0.25) is 0 Å². The molecule has 17 heavy (non-hydrogen) atoms. The average Bonchev–Trinajstić information content (AvgIpc) is 2.22. The van der Waals surface area contributed by atoms with Gasteiger partial charge < -0.3 is 5.32 Å². The minimum Gasteiger partial charge on any atom is -0.367 e. The van der Waals surface area contributed by atoms with E-state index in [-0.39, 0.29) is 0 Å². The van der Waals surface area contributed by atoms with Gasteiger partial charge in [-0.05, 0) is 42.7 Å². The van der Waals surface area contributed by atoms with E-state index in [1.54, 1.807) is 6.07 Å². The Morgan fingerprint density at radius 1 is 1.41 bits per heavy atom. The number of rotatable bonds is 2. The largest absolute Gasteiger partial charge is 0.367 e. The first-order chi connectivity index (χ1) is 7.96. The number of halogens is 1. The molecule has 2 nitrogen and oxygen atoms in total. The molecule has 3 heteroatoms. The van der Waals surface area contributed by atoms with Crippen LogP contribution in [0.3, 0.4) is 0 Å². The maximum absolute atomic E-state index is 5.89. The molecule has 1 saturated carbocycles. The second kappa shape index (κ2) is 4.85. The Morgan fingerprint density at radius 2 is 2.18 bits per heavy atom. The summed E-state index contributed by atoms with van der Waals surface area (Å²) in [5, 5.41) is 4.07. The van der Waals surface area contributed by atoms with E-state index >= 15 is 0 Å². The summed E-state index contributed by atoms with van der Waals surface area (Å²) < 4.78 is 0. The second-order valence-electron chi connectivity index (χ2n) is 5.98. The van der Waals surface area contributed by atoms with Crippen LogP contribution >= 0.6 is 11.6 Å². The molecule has 1 fully saturated rings. The minimum absolute atomic E-state index is 0.485. The Bertz CT molecular complexity index is 390. The molecule has 2 unspecified atom stereocenters. The highest BCUT2D eigenvalue weighted by Gasteiger charge is 2.32. The average molecular weight is 253 g/mol. The van der Waals surface area contributed by atoms with Crippen molar-refractivity contribution in [2.24, 2.45) is 11.3 Å². The molecule has 1 aromatic rings. The van der Waals surface area contributed by atoms with Gasteiger partial charge in [0.05, 0.1) is 0 Å². The first kappa shape index (κ1) is 12.7. The Labute approximate surface area is 109 Å². The highest BCUT2D eigenvalue weighted by Crippen LogP contribution is 2.39. The molecule has 0 saturated heterocycles. The highest BCUT2D eigenvalue weighted by molar-refractivity contribution is 6.29. The van der Waals surface area contributed by atoms with Crippen LogP contribution in [0.2, 0.25) is 5.15 Å².